The van der Waals surface area contributed by atoms with Crippen LogP contribution in [0.3, 0.4) is 0 Å². The van der Waals surface area contributed by atoms with Gasteiger partial charge in [-0.15, -0.1) is 0 Å². The van der Waals surface area contributed by atoms with Crippen molar-refractivity contribution in [1.82, 2.24) is 0 Å². The lowest BCUT2D eigenvalue weighted by atomic mass is 10.2. The third-order valence-corrected chi connectivity index (χ3v) is 2.04. The van der Waals surface area contributed by atoms with Crippen molar-refractivity contribution in [2.24, 2.45) is 4.99 Å². The van der Waals surface area contributed by atoms with Crippen LogP contribution in [0.15, 0.2) is 17.1 Å². The zero-order valence-electron chi connectivity index (χ0n) is 10.3. The van der Waals surface area contributed by atoms with Crippen LogP contribution >= 0.6 is 0 Å². The Morgan fingerprint density at radius 1 is 1.58 bits per heavy atom. The molecular weight excluding hydrogens is 259 g/mol. The van der Waals surface area contributed by atoms with Gasteiger partial charge in [-0.2, -0.15) is 0 Å². The summed E-state index contributed by atoms with van der Waals surface area (Å²) in [7, 11) is 1.21. The minimum absolute atomic E-state index is 0.152. The minimum atomic E-state index is -0.885. The number of methoxy groups -OCH3 is 1. The van der Waals surface area contributed by atoms with Gasteiger partial charge in [-0.1, -0.05) is 0 Å². The molecular formula is C11H11FN2O5. The maximum Gasteiger partial charge on any atom is 0.349 e. The van der Waals surface area contributed by atoms with E-state index in [1.54, 1.807) is 6.92 Å². The van der Waals surface area contributed by atoms with Crippen molar-refractivity contribution in [2.75, 3.05) is 13.7 Å². The Kier molecular flexibility index (Phi) is 4.92. The van der Waals surface area contributed by atoms with Crippen molar-refractivity contribution in [2.45, 2.75) is 6.92 Å². The van der Waals surface area contributed by atoms with Crippen molar-refractivity contribution in [3.05, 3.63) is 28.1 Å². The van der Waals surface area contributed by atoms with Crippen LogP contribution in [0, 0.1) is 15.9 Å². The number of hydrogen-bond acceptors (Lipinski definition) is 6. The van der Waals surface area contributed by atoms with E-state index >= 15 is 0 Å². The first-order chi connectivity index (χ1) is 8.99. The fourth-order valence-corrected chi connectivity index (χ4v) is 1.24. The average molecular weight is 270 g/mol. The predicted octanol–water partition coefficient (Wildman–Crippen LogP) is 2.01. The summed E-state index contributed by atoms with van der Waals surface area (Å²) >= 11 is 0. The SMILES string of the molecule is CCOC(=O)C=Nc1cc(OC)c(F)cc1[N+](=O)[O-]. The monoisotopic (exact) mass is 270 g/mol. The second kappa shape index (κ2) is 6.43. The lowest BCUT2D eigenvalue weighted by molar-refractivity contribution is -0.384. The van der Waals surface area contributed by atoms with Crippen LogP contribution < -0.4 is 4.74 Å². The van der Waals surface area contributed by atoms with E-state index in [0.29, 0.717) is 6.07 Å². The summed E-state index contributed by atoms with van der Waals surface area (Å²) < 4.78 is 22.6. The number of aliphatic imine (C=N–C) groups is 1. The predicted molar refractivity (Wildman–Crippen MR) is 64.4 cm³/mol. The second-order valence-electron chi connectivity index (χ2n) is 3.24. The second-order valence-corrected chi connectivity index (χ2v) is 3.24. The molecule has 19 heavy (non-hydrogen) atoms. The molecule has 0 amide bonds. The quantitative estimate of drug-likeness (QED) is 0.353. The Hall–Kier alpha value is -2.51. The van der Waals surface area contributed by atoms with Gasteiger partial charge in [0.2, 0.25) is 0 Å². The summed E-state index contributed by atoms with van der Waals surface area (Å²) in [4.78, 5) is 24.6. The first kappa shape index (κ1) is 14.6. The third kappa shape index (κ3) is 3.73. The van der Waals surface area contributed by atoms with Crippen LogP contribution in [-0.4, -0.2) is 30.8 Å². The van der Waals surface area contributed by atoms with Gasteiger partial charge in [0.1, 0.15) is 11.9 Å². The number of carbonyl (C=O) groups is 1. The van der Waals surface area contributed by atoms with Crippen LogP contribution in [0.4, 0.5) is 15.8 Å². The van der Waals surface area contributed by atoms with E-state index in [2.05, 4.69) is 14.5 Å². The lowest BCUT2D eigenvalue weighted by Crippen LogP contribution is -2.04. The number of benzene rings is 1. The highest BCUT2D eigenvalue weighted by Gasteiger charge is 2.18. The molecule has 1 rings (SSSR count). The number of halogens is 1. The van der Waals surface area contributed by atoms with E-state index < -0.39 is 22.4 Å². The molecule has 0 atom stereocenters. The highest BCUT2D eigenvalue weighted by atomic mass is 19.1. The molecule has 7 nitrogen and oxygen atoms in total. The van der Waals surface area contributed by atoms with Gasteiger partial charge < -0.3 is 9.47 Å². The summed E-state index contributed by atoms with van der Waals surface area (Å²) in [6.07, 6.45) is 0.781. The average Bonchev–Trinajstić information content (AvgIpc) is 2.37. The zero-order chi connectivity index (χ0) is 14.4. The Bertz CT molecular complexity index is 530. The van der Waals surface area contributed by atoms with Gasteiger partial charge in [0.05, 0.1) is 24.7 Å². The van der Waals surface area contributed by atoms with E-state index in [0.717, 1.165) is 12.3 Å². The summed E-state index contributed by atoms with van der Waals surface area (Å²) in [6, 6.07) is 1.71. The van der Waals surface area contributed by atoms with E-state index in [1.807, 2.05) is 0 Å². The molecule has 0 aliphatic heterocycles. The molecule has 0 unspecified atom stereocenters. The Labute approximate surface area is 107 Å². The number of hydrogen-bond donors (Lipinski definition) is 0. The van der Waals surface area contributed by atoms with E-state index in [-0.39, 0.29) is 18.0 Å². The molecule has 0 heterocycles. The topological polar surface area (TPSA) is 91.0 Å². The molecule has 0 saturated heterocycles. The number of nitro groups is 1. The van der Waals surface area contributed by atoms with E-state index in [9.17, 15) is 19.3 Å². The van der Waals surface area contributed by atoms with E-state index in [1.165, 1.54) is 7.11 Å². The normalized spacial score (nSPS) is 10.5. The van der Waals surface area contributed by atoms with Crippen molar-refractivity contribution in [3.8, 4) is 5.75 Å². The van der Waals surface area contributed by atoms with Crippen molar-refractivity contribution in [1.29, 1.82) is 0 Å². The molecule has 0 aromatic heterocycles. The van der Waals surface area contributed by atoms with Gasteiger partial charge in [0.15, 0.2) is 11.6 Å². The molecule has 102 valence electrons. The third-order valence-electron chi connectivity index (χ3n) is 2.04. The molecule has 0 aliphatic rings. The van der Waals surface area contributed by atoms with Crippen LogP contribution in [0.5, 0.6) is 5.75 Å². The maximum atomic E-state index is 13.3. The van der Waals surface area contributed by atoms with Gasteiger partial charge in [-0.05, 0) is 6.92 Å². The minimum Gasteiger partial charge on any atom is -0.494 e. The van der Waals surface area contributed by atoms with Crippen molar-refractivity contribution < 1.29 is 23.6 Å². The summed E-state index contributed by atoms with van der Waals surface area (Å²) in [5.41, 5.74) is -0.768. The number of carbonyl (C=O) groups excluding carboxylic acids is 1. The maximum absolute atomic E-state index is 13.3. The number of ether oxygens (including phenoxy) is 2. The summed E-state index contributed by atoms with van der Waals surface area (Å²) in [6.45, 7) is 1.76. The number of esters is 1. The van der Waals surface area contributed by atoms with Gasteiger partial charge >= 0.3 is 5.97 Å². The van der Waals surface area contributed by atoms with Crippen molar-refractivity contribution >= 4 is 23.6 Å². The smallest absolute Gasteiger partial charge is 0.349 e. The van der Waals surface area contributed by atoms with Crippen LogP contribution in [0.25, 0.3) is 0 Å². The van der Waals surface area contributed by atoms with Gasteiger partial charge in [-0.25, -0.2) is 14.2 Å². The Morgan fingerprint density at radius 3 is 2.79 bits per heavy atom. The molecule has 0 fully saturated rings. The fraction of sp³-hybridized carbons (Fsp3) is 0.273. The largest absolute Gasteiger partial charge is 0.494 e. The van der Waals surface area contributed by atoms with E-state index in [4.69, 9.17) is 0 Å². The molecule has 0 saturated carbocycles. The molecule has 0 aliphatic carbocycles. The first-order valence-electron chi connectivity index (χ1n) is 5.22. The molecule has 0 spiro atoms. The molecule has 8 heteroatoms. The summed E-state index contributed by atoms with van der Waals surface area (Å²) in [5.74, 6) is -1.84. The number of rotatable bonds is 5. The fourth-order valence-electron chi connectivity index (χ4n) is 1.24. The molecule has 0 N–H and O–H groups in total. The molecule has 0 bridgehead atoms. The standard InChI is InChI=1S/C11H11FN2O5/c1-3-19-11(15)6-13-8-5-10(18-2)7(12)4-9(8)14(16)17/h4-6H,3H2,1-2H3. The Morgan fingerprint density at radius 2 is 2.26 bits per heavy atom. The van der Waals surface area contributed by atoms with Gasteiger partial charge in [-0.3, -0.25) is 10.1 Å². The molecule has 1 aromatic carbocycles. The van der Waals surface area contributed by atoms with Crippen LogP contribution in [-0.2, 0) is 9.53 Å². The van der Waals surface area contributed by atoms with Gasteiger partial charge in [0.25, 0.3) is 5.69 Å². The first-order valence-corrected chi connectivity index (χ1v) is 5.22. The summed E-state index contributed by atoms with van der Waals surface area (Å²) in [5, 5.41) is 10.8. The highest BCUT2D eigenvalue weighted by molar-refractivity contribution is 6.23. The lowest BCUT2D eigenvalue weighted by Gasteiger charge is -2.03. The number of nitro benzene ring substituents is 1. The van der Waals surface area contributed by atoms with Gasteiger partial charge in [0, 0.05) is 6.07 Å². The van der Waals surface area contributed by atoms with Crippen molar-refractivity contribution in [3.63, 3.8) is 0 Å². The van der Waals surface area contributed by atoms with Crippen LogP contribution in [0.2, 0.25) is 0 Å². The zero-order valence-corrected chi connectivity index (χ0v) is 10.3. The van der Waals surface area contributed by atoms with Crippen LogP contribution in [0.1, 0.15) is 6.92 Å². The Balaban J connectivity index is 3.17. The highest BCUT2D eigenvalue weighted by Crippen LogP contribution is 2.33. The number of nitrogens with zero attached hydrogens (tertiary/aromatic N) is 2. The molecule has 0 radical (unpaired) electrons. The molecule has 1 aromatic rings.